The number of hydrogen-bond acceptors (Lipinski definition) is 5. The van der Waals surface area contributed by atoms with Crippen molar-refractivity contribution in [3.8, 4) is 11.5 Å². The number of anilines is 1. The van der Waals surface area contributed by atoms with E-state index in [0.29, 0.717) is 11.4 Å². The Kier molecular flexibility index (Phi) is 5.82. The van der Waals surface area contributed by atoms with Gasteiger partial charge in [-0.05, 0) is 35.2 Å². The molecule has 7 nitrogen and oxygen atoms in total. The van der Waals surface area contributed by atoms with Gasteiger partial charge in [-0.15, -0.1) is 0 Å². The quantitative estimate of drug-likeness (QED) is 0.624. The van der Waals surface area contributed by atoms with E-state index in [9.17, 15) is 14.9 Å². The first-order chi connectivity index (χ1) is 12.2. The second-order valence-electron chi connectivity index (χ2n) is 6.75. The lowest BCUT2D eigenvalue weighted by molar-refractivity contribution is -0.385. The van der Waals surface area contributed by atoms with E-state index in [1.807, 2.05) is 24.3 Å². The fourth-order valence-corrected chi connectivity index (χ4v) is 2.28. The normalized spacial score (nSPS) is 10.9. The fourth-order valence-electron chi connectivity index (χ4n) is 2.28. The molecule has 0 aliphatic carbocycles. The van der Waals surface area contributed by atoms with Gasteiger partial charge < -0.3 is 14.8 Å². The highest BCUT2D eigenvalue weighted by Gasteiger charge is 2.18. The Labute approximate surface area is 152 Å². The number of methoxy groups -OCH3 is 1. The van der Waals surface area contributed by atoms with Crippen molar-refractivity contribution in [1.29, 1.82) is 0 Å². The van der Waals surface area contributed by atoms with Crippen molar-refractivity contribution in [3.63, 3.8) is 0 Å². The van der Waals surface area contributed by atoms with Crippen LogP contribution >= 0.6 is 0 Å². The third-order valence-electron chi connectivity index (χ3n) is 3.76. The molecule has 2 rings (SSSR count). The summed E-state index contributed by atoms with van der Waals surface area (Å²) in [6, 6.07) is 11.7. The molecule has 26 heavy (non-hydrogen) atoms. The van der Waals surface area contributed by atoms with Crippen LogP contribution in [0.15, 0.2) is 42.5 Å². The molecule has 0 aliphatic heterocycles. The van der Waals surface area contributed by atoms with Crippen LogP contribution in [-0.2, 0) is 10.2 Å². The summed E-state index contributed by atoms with van der Waals surface area (Å²) in [5.74, 6) is -0.0555. The number of nitrogens with one attached hydrogen (secondary N) is 1. The fraction of sp³-hybridized carbons (Fsp3) is 0.316. The largest absolute Gasteiger partial charge is 0.496 e. The number of nitro groups is 1. The highest BCUT2D eigenvalue weighted by atomic mass is 16.6. The molecule has 0 saturated carbocycles. The van der Waals surface area contributed by atoms with Gasteiger partial charge in [-0.2, -0.15) is 0 Å². The maximum absolute atomic E-state index is 12.0. The minimum absolute atomic E-state index is 0.00836. The zero-order valence-electron chi connectivity index (χ0n) is 15.2. The van der Waals surface area contributed by atoms with Crippen LogP contribution in [0.1, 0.15) is 26.3 Å². The molecule has 1 amide bonds. The average molecular weight is 358 g/mol. The standard InChI is InChI=1S/C19H22N2O5/c1-19(2,3)13-5-7-14(8-6-13)20-18(22)12-26-17-10-9-15(25-4)11-16(17)21(23)24/h5-11H,12H2,1-4H3,(H,20,22). The van der Waals surface area contributed by atoms with E-state index in [-0.39, 0.29) is 23.5 Å². The summed E-state index contributed by atoms with van der Waals surface area (Å²) in [6.07, 6.45) is 0. The predicted molar refractivity (Wildman–Crippen MR) is 98.9 cm³/mol. The monoisotopic (exact) mass is 358 g/mol. The lowest BCUT2D eigenvalue weighted by Gasteiger charge is -2.19. The van der Waals surface area contributed by atoms with Crippen molar-refractivity contribution in [2.45, 2.75) is 26.2 Å². The minimum Gasteiger partial charge on any atom is -0.496 e. The number of ether oxygens (including phenoxy) is 2. The van der Waals surface area contributed by atoms with Gasteiger partial charge in [-0.1, -0.05) is 32.9 Å². The van der Waals surface area contributed by atoms with Crippen LogP contribution in [0.3, 0.4) is 0 Å². The molecule has 0 saturated heterocycles. The third-order valence-corrected chi connectivity index (χ3v) is 3.76. The van der Waals surface area contributed by atoms with Crippen LogP contribution < -0.4 is 14.8 Å². The Hall–Kier alpha value is -3.09. The van der Waals surface area contributed by atoms with Gasteiger partial charge in [-0.3, -0.25) is 14.9 Å². The Morgan fingerprint density at radius 2 is 1.81 bits per heavy atom. The van der Waals surface area contributed by atoms with Gasteiger partial charge in [0, 0.05) is 5.69 Å². The third kappa shape index (κ3) is 4.95. The number of carbonyl (C=O) groups is 1. The zero-order chi connectivity index (χ0) is 19.3. The van der Waals surface area contributed by atoms with Crippen molar-refractivity contribution >= 4 is 17.3 Å². The molecule has 0 bridgehead atoms. The van der Waals surface area contributed by atoms with E-state index in [0.717, 1.165) is 5.56 Å². The molecule has 2 aromatic rings. The van der Waals surface area contributed by atoms with Crippen molar-refractivity contribution in [2.24, 2.45) is 0 Å². The van der Waals surface area contributed by atoms with Crippen molar-refractivity contribution in [1.82, 2.24) is 0 Å². The van der Waals surface area contributed by atoms with Gasteiger partial charge in [0.15, 0.2) is 12.4 Å². The predicted octanol–water partition coefficient (Wildman–Crippen LogP) is 3.92. The molecular formula is C19H22N2O5. The summed E-state index contributed by atoms with van der Waals surface area (Å²) in [6.45, 7) is 5.98. The van der Waals surface area contributed by atoms with Crippen LogP contribution in [0.5, 0.6) is 11.5 Å². The first-order valence-electron chi connectivity index (χ1n) is 8.06. The van der Waals surface area contributed by atoms with Crippen molar-refractivity contribution < 1.29 is 19.2 Å². The van der Waals surface area contributed by atoms with E-state index in [1.165, 1.54) is 25.3 Å². The van der Waals surface area contributed by atoms with Gasteiger partial charge in [0.2, 0.25) is 0 Å². The van der Waals surface area contributed by atoms with Gasteiger partial charge in [0.1, 0.15) is 5.75 Å². The molecule has 7 heteroatoms. The number of nitrogens with zero attached hydrogens (tertiary/aromatic N) is 1. The summed E-state index contributed by atoms with van der Waals surface area (Å²) in [5, 5.41) is 13.8. The molecule has 138 valence electrons. The number of hydrogen-bond donors (Lipinski definition) is 1. The first-order valence-corrected chi connectivity index (χ1v) is 8.06. The molecule has 0 fully saturated rings. The Morgan fingerprint density at radius 3 is 2.35 bits per heavy atom. The number of rotatable bonds is 6. The molecular weight excluding hydrogens is 336 g/mol. The molecule has 0 spiro atoms. The van der Waals surface area contributed by atoms with Crippen LogP contribution in [0.2, 0.25) is 0 Å². The van der Waals surface area contributed by atoms with Gasteiger partial charge in [0.25, 0.3) is 5.91 Å². The summed E-state index contributed by atoms with van der Waals surface area (Å²) < 4.78 is 10.3. The van der Waals surface area contributed by atoms with Gasteiger partial charge in [-0.25, -0.2) is 0 Å². The van der Waals surface area contributed by atoms with E-state index < -0.39 is 10.8 Å². The molecule has 0 radical (unpaired) electrons. The van der Waals surface area contributed by atoms with E-state index in [1.54, 1.807) is 0 Å². The topological polar surface area (TPSA) is 90.7 Å². The van der Waals surface area contributed by atoms with Crippen LogP contribution in [-0.4, -0.2) is 24.5 Å². The highest BCUT2D eigenvalue weighted by Crippen LogP contribution is 2.31. The van der Waals surface area contributed by atoms with E-state index in [2.05, 4.69) is 26.1 Å². The summed E-state index contributed by atoms with van der Waals surface area (Å²) in [7, 11) is 1.41. The molecule has 0 heterocycles. The number of carbonyl (C=O) groups excluding carboxylic acids is 1. The Balaban J connectivity index is 2.00. The van der Waals surface area contributed by atoms with Gasteiger partial charge >= 0.3 is 5.69 Å². The van der Waals surface area contributed by atoms with Crippen LogP contribution in [0.25, 0.3) is 0 Å². The zero-order valence-corrected chi connectivity index (χ0v) is 15.2. The van der Waals surface area contributed by atoms with Crippen LogP contribution in [0, 0.1) is 10.1 Å². The molecule has 0 aromatic heterocycles. The molecule has 2 aromatic carbocycles. The number of amides is 1. The highest BCUT2D eigenvalue weighted by molar-refractivity contribution is 5.91. The molecule has 1 N–H and O–H groups in total. The van der Waals surface area contributed by atoms with Crippen molar-refractivity contribution in [3.05, 3.63) is 58.1 Å². The summed E-state index contributed by atoms with van der Waals surface area (Å²) in [5.41, 5.74) is 1.56. The van der Waals surface area contributed by atoms with Crippen molar-refractivity contribution in [2.75, 3.05) is 19.0 Å². The minimum atomic E-state index is -0.582. The maximum atomic E-state index is 12.0. The smallest absolute Gasteiger partial charge is 0.314 e. The second-order valence-corrected chi connectivity index (χ2v) is 6.75. The van der Waals surface area contributed by atoms with E-state index in [4.69, 9.17) is 9.47 Å². The molecule has 0 unspecified atom stereocenters. The van der Waals surface area contributed by atoms with E-state index >= 15 is 0 Å². The van der Waals surface area contributed by atoms with Gasteiger partial charge in [0.05, 0.1) is 18.1 Å². The summed E-state index contributed by atoms with van der Waals surface area (Å²) >= 11 is 0. The van der Waals surface area contributed by atoms with Crippen LogP contribution in [0.4, 0.5) is 11.4 Å². The maximum Gasteiger partial charge on any atom is 0.314 e. The second kappa shape index (κ2) is 7.86. The molecule has 0 atom stereocenters. The number of benzene rings is 2. The average Bonchev–Trinajstić information content (AvgIpc) is 2.59. The summed E-state index contributed by atoms with van der Waals surface area (Å²) in [4.78, 5) is 22.6. The lowest BCUT2D eigenvalue weighted by atomic mass is 9.87. The first kappa shape index (κ1) is 19.2. The Bertz CT molecular complexity index is 795. The SMILES string of the molecule is COc1ccc(OCC(=O)Nc2ccc(C(C)(C)C)cc2)c([N+](=O)[O-])c1. The molecule has 0 aliphatic rings. The number of nitro benzene ring substituents is 1. The Morgan fingerprint density at radius 1 is 1.15 bits per heavy atom. The lowest BCUT2D eigenvalue weighted by Crippen LogP contribution is -2.20.